The van der Waals surface area contributed by atoms with Crippen LogP contribution in [0.4, 0.5) is 10.5 Å². The van der Waals surface area contributed by atoms with Gasteiger partial charge < -0.3 is 25.0 Å². The van der Waals surface area contributed by atoms with E-state index in [1.807, 2.05) is 49.4 Å². The van der Waals surface area contributed by atoms with Crippen LogP contribution in [-0.4, -0.2) is 63.8 Å². The number of methoxy groups -OCH3 is 2. The number of carbonyl (C=O) groups is 2. The van der Waals surface area contributed by atoms with Crippen molar-refractivity contribution in [2.45, 2.75) is 13.0 Å². The number of hydrogen-bond acceptors (Lipinski definition) is 6. The highest BCUT2D eigenvalue weighted by Crippen LogP contribution is 2.29. The van der Waals surface area contributed by atoms with Crippen LogP contribution in [0.3, 0.4) is 0 Å². The predicted octanol–water partition coefficient (Wildman–Crippen LogP) is 2.61. The lowest BCUT2D eigenvalue weighted by Crippen LogP contribution is -2.51. The smallest absolute Gasteiger partial charge is 0.338 e. The number of carbonyl (C=O) groups excluding carboxylic acids is 2. The molecule has 0 saturated carbocycles. The Morgan fingerprint density at radius 3 is 2.45 bits per heavy atom. The molecule has 0 aliphatic carbocycles. The molecule has 0 aromatic heterocycles. The number of esters is 1. The average Bonchev–Trinajstić information content (AvgIpc) is 2.84. The van der Waals surface area contributed by atoms with Gasteiger partial charge in [0.2, 0.25) is 0 Å². The molecule has 1 fully saturated rings. The van der Waals surface area contributed by atoms with Crippen LogP contribution in [0.15, 0.2) is 59.8 Å². The van der Waals surface area contributed by atoms with Crippen LogP contribution < -0.4 is 20.3 Å². The SMILES string of the molecule is COC(=O)C1=C(CN2CCN(c3cccc(OC)c3)CC2)NC(=O)N[C@@H]1c1ccc(C)cc1. The Kier molecular flexibility index (Phi) is 6.84. The fraction of sp³-hybridized carbons (Fsp3) is 0.360. The number of ether oxygens (including phenoxy) is 2. The van der Waals surface area contributed by atoms with Crippen molar-refractivity contribution in [3.05, 3.63) is 70.9 Å². The third-order valence-electron chi connectivity index (χ3n) is 6.14. The molecule has 4 rings (SSSR count). The van der Waals surface area contributed by atoms with E-state index in [-0.39, 0.29) is 6.03 Å². The van der Waals surface area contributed by atoms with E-state index in [0.29, 0.717) is 17.8 Å². The lowest BCUT2D eigenvalue weighted by atomic mass is 9.94. The number of nitrogens with one attached hydrogen (secondary N) is 2. The van der Waals surface area contributed by atoms with Gasteiger partial charge >= 0.3 is 12.0 Å². The molecule has 1 saturated heterocycles. The summed E-state index contributed by atoms with van der Waals surface area (Å²) in [5.74, 6) is 0.389. The summed E-state index contributed by atoms with van der Waals surface area (Å²) in [4.78, 5) is 29.8. The van der Waals surface area contributed by atoms with E-state index >= 15 is 0 Å². The fourth-order valence-corrected chi connectivity index (χ4v) is 4.30. The first-order valence-corrected chi connectivity index (χ1v) is 11.1. The summed E-state index contributed by atoms with van der Waals surface area (Å²) in [6.45, 7) is 5.73. The maximum Gasteiger partial charge on any atom is 0.338 e. The van der Waals surface area contributed by atoms with E-state index in [4.69, 9.17) is 9.47 Å². The number of piperazine rings is 1. The number of benzene rings is 2. The average molecular weight is 451 g/mol. The van der Waals surface area contributed by atoms with Crippen molar-refractivity contribution in [2.75, 3.05) is 51.8 Å². The number of nitrogens with zero attached hydrogens (tertiary/aromatic N) is 2. The summed E-state index contributed by atoms with van der Waals surface area (Å²) in [6.07, 6.45) is 0. The first-order chi connectivity index (χ1) is 16.0. The van der Waals surface area contributed by atoms with Crippen LogP contribution in [0.1, 0.15) is 17.2 Å². The molecule has 1 atom stereocenters. The Hall–Kier alpha value is -3.52. The summed E-state index contributed by atoms with van der Waals surface area (Å²) < 4.78 is 10.4. The van der Waals surface area contributed by atoms with Crippen LogP contribution in [-0.2, 0) is 9.53 Å². The topological polar surface area (TPSA) is 83.1 Å². The molecular formula is C25H30N4O4. The van der Waals surface area contributed by atoms with Gasteiger partial charge in [0.1, 0.15) is 5.75 Å². The largest absolute Gasteiger partial charge is 0.497 e. The Balaban J connectivity index is 1.52. The van der Waals surface area contributed by atoms with Gasteiger partial charge in [0.25, 0.3) is 0 Å². The zero-order valence-electron chi connectivity index (χ0n) is 19.3. The molecule has 2 N–H and O–H groups in total. The van der Waals surface area contributed by atoms with Crippen LogP contribution >= 0.6 is 0 Å². The monoisotopic (exact) mass is 450 g/mol. The van der Waals surface area contributed by atoms with E-state index in [2.05, 4.69) is 26.5 Å². The Labute approximate surface area is 194 Å². The van der Waals surface area contributed by atoms with E-state index in [9.17, 15) is 9.59 Å². The molecule has 2 aliphatic rings. The Morgan fingerprint density at radius 2 is 1.79 bits per heavy atom. The number of rotatable bonds is 6. The molecule has 8 nitrogen and oxygen atoms in total. The molecule has 0 radical (unpaired) electrons. The van der Waals surface area contributed by atoms with Gasteiger partial charge in [-0.2, -0.15) is 0 Å². The van der Waals surface area contributed by atoms with Gasteiger partial charge in [0.05, 0.1) is 25.8 Å². The molecule has 8 heteroatoms. The highest BCUT2D eigenvalue weighted by Gasteiger charge is 2.34. The summed E-state index contributed by atoms with van der Waals surface area (Å²) >= 11 is 0. The van der Waals surface area contributed by atoms with Crippen molar-refractivity contribution in [3.63, 3.8) is 0 Å². The number of amides is 2. The molecule has 0 spiro atoms. The second kappa shape index (κ2) is 9.95. The van der Waals surface area contributed by atoms with E-state index in [1.165, 1.54) is 7.11 Å². The zero-order chi connectivity index (χ0) is 23.4. The number of urea groups is 1. The van der Waals surface area contributed by atoms with E-state index in [1.54, 1.807) is 7.11 Å². The minimum absolute atomic E-state index is 0.321. The molecule has 0 unspecified atom stereocenters. The van der Waals surface area contributed by atoms with Crippen LogP contribution in [0.25, 0.3) is 0 Å². The summed E-state index contributed by atoms with van der Waals surface area (Å²) in [7, 11) is 3.03. The lowest BCUT2D eigenvalue weighted by molar-refractivity contribution is -0.136. The molecule has 0 bridgehead atoms. The second-order valence-electron chi connectivity index (χ2n) is 8.29. The van der Waals surface area contributed by atoms with Gasteiger partial charge in [-0.05, 0) is 24.6 Å². The molecule has 2 aromatic rings. The minimum Gasteiger partial charge on any atom is -0.497 e. The van der Waals surface area contributed by atoms with Gasteiger partial charge in [-0.1, -0.05) is 35.9 Å². The minimum atomic E-state index is -0.556. The van der Waals surface area contributed by atoms with Crippen molar-refractivity contribution in [1.29, 1.82) is 0 Å². The highest BCUT2D eigenvalue weighted by molar-refractivity contribution is 5.95. The molecule has 2 aliphatic heterocycles. The van der Waals surface area contributed by atoms with Crippen molar-refractivity contribution >= 4 is 17.7 Å². The van der Waals surface area contributed by atoms with Crippen LogP contribution in [0.5, 0.6) is 5.75 Å². The quantitative estimate of drug-likeness (QED) is 0.659. The highest BCUT2D eigenvalue weighted by atomic mass is 16.5. The Bertz CT molecular complexity index is 1040. The summed E-state index contributed by atoms with van der Waals surface area (Å²) in [5.41, 5.74) is 4.10. The molecule has 2 amide bonds. The second-order valence-corrected chi connectivity index (χ2v) is 8.29. The molecule has 174 valence electrons. The van der Waals surface area contributed by atoms with E-state index < -0.39 is 12.0 Å². The number of anilines is 1. The first-order valence-electron chi connectivity index (χ1n) is 11.1. The Morgan fingerprint density at radius 1 is 1.06 bits per heavy atom. The molecular weight excluding hydrogens is 420 g/mol. The molecule has 33 heavy (non-hydrogen) atoms. The first kappa shape index (κ1) is 22.7. The third-order valence-corrected chi connectivity index (χ3v) is 6.14. The maximum atomic E-state index is 12.8. The molecule has 2 heterocycles. The van der Waals surface area contributed by atoms with Crippen LogP contribution in [0, 0.1) is 6.92 Å². The lowest BCUT2D eigenvalue weighted by Gasteiger charge is -2.38. The standard InChI is InChI=1S/C25H30N4O4/c1-17-7-9-18(10-8-17)23-22(24(30)33-3)21(26-25(31)27-23)16-28-11-13-29(14-12-28)19-5-4-6-20(15-19)32-2/h4-10,15,23H,11-14,16H2,1-3H3,(H2,26,27,31)/t23-/m1/s1. The fourth-order valence-electron chi connectivity index (χ4n) is 4.30. The van der Waals surface area contributed by atoms with Gasteiger partial charge in [0.15, 0.2) is 0 Å². The van der Waals surface area contributed by atoms with Crippen LogP contribution in [0.2, 0.25) is 0 Å². The van der Waals surface area contributed by atoms with Gasteiger partial charge in [-0.3, -0.25) is 4.90 Å². The van der Waals surface area contributed by atoms with E-state index in [0.717, 1.165) is 48.7 Å². The molecule has 2 aromatic carbocycles. The van der Waals surface area contributed by atoms with Gasteiger partial charge in [-0.15, -0.1) is 0 Å². The van der Waals surface area contributed by atoms with Crippen molar-refractivity contribution in [1.82, 2.24) is 15.5 Å². The number of aryl methyl sites for hydroxylation is 1. The zero-order valence-corrected chi connectivity index (χ0v) is 19.3. The maximum absolute atomic E-state index is 12.8. The van der Waals surface area contributed by atoms with Crippen molar-refractivity contribution in [3.8, 4) is 5.75 Å². The van der Waals surface area contributed by atoms with Gasteiger partial charge in [0, 0.05) is 50.2 Å². The predicted molar refractivity (Wildman–Crippen MR) is 126 cm³/mol. The number of hydrogen-bond donors (Lipinski definition) is 2. The summed E-state index contributed by atoms with van der Waals surface area (Å²) in [6, 6.07) is 15.0. The normalized spacial score (nSPS) is 19.1. The van der Waals surface area contributed by atoms with Crippen molar-refractivity contribution < 1.29 is 19.1 Å². The van der Waals surface area contributed by atoms with Crippen molar-refractivity contribution in [2.24, 2.45) is 0 Å². The third kappa shape index (κ3) is 5.12. The van der Waals surface area contributed by atoms with Gasteiger partial charge in [-0.25, -0.2) is 9.59 Å². The summed E-state index contributed by atoms with van der Waals surface area (Å²) in [5, 5.41) is 5.73.